The molecule has 2 nitrogen and oxygen atoms in total. The number of aromatic nitrogens is 2. The third-order valence-corrected chi connectivity index (χ3v) is 3.19. The summed E-state index contributed by atoms with van der Waals surface area (Å²) in [5, 5.41) is 2.10. The van der Waals surface area contributed by atoms with Crippen molar-refractivity contribution in [1.82, 2.24) is 9.97 Å². The highest BCUT2D eigenvalue weighted by Gasteiger charge is 2.08. The molecule has 0 saturated carbocycles. The summed E-state index contributed by atoms with van der Waals surface area (Å²) in [6.07, 6.45) is 1.89. The molecule has 0 aromatic carbocycles. The zero-order chi connectivity index (χ0) is 10.1. The van der Waals surface area contributed by atoms with Crippen LogP contribution >= 0.6 is 11.3 Å². The number of thiophene rings is 1. The molecule has 0 spiro atoms. The smallest absolute Gasteiger partial charge is 0.125 e. The lowest BCUT2D eigenvalue weighted by Gasteiger charge is -2.03. The highest BCUT2D eigenvalue weighted by molar-refractivity contribution is 7.13. The van der Waals surface area contributed by atoms with E-state index in [1.807, 2.05) is 20.0 Å². The normalized spacial score (nSPS) is 10.5. The summed E-state index contributed by atoms with van der Waals surface area (Å²) >= 11 is 1.74. The van der Waals surface area contributed by atoms with E-state index in [0.29, 0.717) is 0 Å². The number of rotatable bonds is 1. The van der Waals surface area contributed by atoms with Crippen LogP contribution in [-0.4, -0.2) is 9.97 Å². The van der Waals surface area contributed by atoms with Crippen molar-refractivity contribution in [2.24, 2.45) is 0 Å². The monoisotopic (exact) mass is 204 g/mol. The van der Waals surface area contributed by atoms with Gasteiger partial charge in [0.2, 0.25) is 0 Å². The molecule has 0 atom stereocenters. The summed E-state index contributed by atoms with van der Waals surface area (Å²) in [4.78, 5) is 9.91. The van der Waals surface area contributed by atoms with Crippen LogP contribution in [-0.2, 0) is 0 Å². The molecule has 0 N–H and O–H groups in total. The minimum absolute atomic E-state index is 0.832. The lowest BCUT2D eigenvalue weighted by molar-refractivity contribution is 1.04. The molecule has 0 saturated heterocycles. The van der Waals surface area contributed by atoms with Gasteiger partial charge in [0.25, 0.3) is 0 Å². The summed E-state index contributed by atoms with van der Waals surface area (Å²) in [7, 11) is 0. The molecule has 0 bridgehead atoms. The summed E-state index contributed by atoms with van der Waals surface area (Å²) in [5.74, 6) is 0.832. The number of hydrogen-bond donors (Lipinski definition) is 0. The SMILES string of the molecule is Cc1ncc(C)c(-c2sccc2C)n1. The van der Waals surface area contributed by atoms with Gasteiger partial charge in [-0.3, -0.25) is 0 Å². The average Bonchev–Trinajstić information content (AvgIpc) is 2.56. The first-order valence-corrected chi connectivity index (χ1v) is 5.41. The van der Waals surface area contributed by atoms with Crippen LogP contribution in [0.3, 0.4) is 0 Å². The quantitative estimate of drug-likeness (QED) is 0.713. The maximum Gasteiger partial charge on any atom is 0.125 e. The second-order valence-electron chi connectivity index (χ2n) is 3.38. The van der Waals surface area contributed by atoms with E-state index in [-0.39, 0.29) is 0 Å². The maximum atomic E-state index is 4.48. The van der Waals surface area contributed by atoms with Crippen LogP contribution in [0.4, 0.5) is 0 Å². The Morgan fingerprint density at radius 2 is 1.93 bits per heavy atom. The van der Waals surface area contributed by atoms with Gasteiger partial charge < -0.3 is 0 Å². The molecule has 14 heavy (non-hydrogen) atoms. The van der Waals surface area contributed by atoms with Gasteiger partial charge in [0, 0.05) is 6.20 Å². The van der Waals surface area contributed by atoms with Gasteiger partial charge in [-0.05, 0) is 43.3 Å². The van der Waals surface area contributed by atoms with Crippen LogP contribution in [0, 0.1) is 20.8 Å². The Morgan fingerprint density at radius 1 is 1.14 bits per heavy atom. The van der Waals surface area contributed by atoms with E-state index in [0.717, 1.165) is 17.1 Å². The molecular formula is C11H12N2S. The van der Waals surface area contributed by atoms with Crippen LogP contribution in [0.1, 0.15) is 17.0 Å². The zero-order valence-corrected chi connectivity index (χ0v) is 9.35. The van der Waals surface area contributed by atoms with Crippen molar-refractivity contribution in [3.63, 3.8) is 0 Å². The van der Waals surface area contributed by atoms with Crippen LogP contribution in [0.15, 0.2) is 17.6 Å². The summed E-state index contributed by atoms with van der Waals surface area (Å²) in [5.41, 5.74) is 3.50. The minimum atomic E-state index is 0.832. The first kappa shape index (κ1) is 9.34. The van der Waals surface area contributed by atoms with Gasteiger partial charge in [-0.1, -0.05) is 0 Å². The standard InChI is InChI=1S/C11H12N2S/c1-7-4-5-14-11(7)10-8(2)6-12-9(3)13-10/h4-6H,1-3H3. The Morgan fingerprint density at radius 3 is 2.57 bits per heavy atom. The molecule has 0 aliphatic carbocycles. The third kappa shape index (κ3) is 1.55. The fourth-order valence-electron chi connectivity index (χ4n) is 1.38. The Labute approximate surface area is 87.7 Å². The summed E-state index contributed by atoms with van der Waals surface area (Å²) < 4.78 is 0. The molecule has 3 heteroatoms. The molecular weight excluding hydrogens is 192 g/mol. The molecule has 0 amide bonds. The van der Waals surface area contributed by atoms with Gasteiger partial charge in [0.15, 0.2) is 0 Å². The van der Waals surface area contributed by atoms with Gasteiger partial charge in [0.05, 0.1) is 10.6 Å². The fourth-order valence-corrected chi connectivity index (χ4v) is 2.36. The van der Waals surface area contributed by atoms with E-state index in [2.05, 4.69) is 28.3 Å². The zero-order valence-electron chi connectivity index (χ0n) is 8.53. The van der Waals surface area contributed by atoms with E-state index in [1.54, 1.807) is 11.3 Å². The molecule has 72 valence electrons. The van der Waals surface area contributed by atoms with Crippen molar-refractivity contribution in [3.8, 4) is 10.6 Å². The van der Waals surface area contributed by atoms with E-state index in [1.165, 1.54) is 10.4 Å². The van der Waals surface area contributed by atoms with Gasteiger partial charge in [0.1, 0.15) is 5.82 Å². The molecule has 0 aliphatic heterocycles. The molecule has 0 radical (unpaired) electrons. The first-order valence-electron chi connectivity index (χ1n) is 4.53. The molecule has 2 aromatic heterocycles. The minimum Gasteiger partial charge on any atom is -0.241 e. The first-order chi connectivity index (χ1) is 6.68. The Kier molecular flexibility index (Phi) is 2.33. The summed E-state index contributed by atoms with van der Waals surface area (Å²) in [6, 6.07) is 2.12. The topological polar surface area (TPSA) is 25.8 Å². The highest BCUT2D eigenvalue weighted by atomic mass is 32.1. The van der Waals surface area contributed by atoms with Crippen LogP contribution in [0.25, 0.3) is 10.6 Å². The average molecular weight is 204 g/mol. The summed E-state index contributed by atoms with van der Waals surface area (Å²) in [6.45, 7) is 6.09. The lowest BCUT2D eigenvalue weighted by Crippen LogP contribution is -1.93. The van der Waals surface area contributed by atoms with Crippen molar-refractivity contribution in [3.05, 3.63) is 34.6 Å². The van der Waals surface area contributed by atoms with Crippen molar-refractivity contribution in [2.75, 3.05) is 0 Å². The largest absolute Gasteiger partial charge is 0.241 e. The van der Waals surface area contributed by atoms with Crippen molar-refractivity contribution in [2.45, 2.75) is 20.8 Å². The van der Waals surface area contributed by atoms with Gasteiger partial charge >= 0.3 is 0 Å². The fraction of sp³-hybridized carbons (Fsp3) is 0.273. The molecule has 0 aliphatic rings. The predicted molar refractivity (Wildman–Crippen MR) is 59.6 cm³/mol. The second kappa shape index (κ2) is 3.50. The molecule has 2 rings (SSSR count). The number of nitrogens with zero attached hydrogens (tertiary/aromatic N) is 2. The van der Waals surface area contributed by atoms with Crippen LogP contribution in [0.5, 0.6) is 0 Å². The van der Waals surface area contributed by atoms with Crippen LogP contribution in [0.2, 0.25) is 0 Å². The molecule has 2 aromatic rings. The molecule has 0 unspecified atom stereocenters. The molecule has 0 fully saturated rings. The predicted octanol–water partition coefficient (Wildman–Crippen LogP) is 3.13. The molecule has 2 heterocycles. The Hall–Kier alpha value is -1.22. The van der Waals surface area contributed by atoms with Crippen LogP contribution < -0.4 is 0 Å². The van der Waals surface area contributed by atoms with E-state index in [4.69, 9.17) is 0 Å². The van der Waals surface area contributed by atoms with E-state index in [9.17, 15) is 0 Å². The van der Waals surface area contributed by atoms with Crippen molar-refractivity contribution >= 4 is 11.3 Å². The van der Waals surface area contributed by atoms with Crippen molar-refractivity contribution in [1.29, 1.82) is 0 Å². The van der Waals surface area contributed by atoms with E-state index >= 15 is 0 Å². The van der Waals surface area contributed by atoms with Gasteiger partial charge in [-0.15, -0.1) is 11.3 Å². The Balaban J connectivity index is 2.62. The third-order valence-electron chi connectivity index (χ3n) is 2.17. The Bertz CT molecular complexity index is 460. The maximum absolute atomic E-state index is 4.48. The van der Waals surface area contributed by atoms with E-state index < -0.39 is 0 Å². The lowest BCUT2D eigenvalue weighted by atomic mass is 10.1. The second-order valence-corrected chi connectivity index (χ2v) is 4.30. The van der Waals surface area contributed by atoms with Crippen molar-refractivity contribution < 1.29 is 0 Å². The number of hydrogen-bond acceptors (Lipinski definition) is 3. The van der Waals surface area contributed by atoms with Gasteiger partial charge in [-0.2, -0.15) is 0 Å². The highest BCUT2D eigenvalue weighted by Crippen LogP contribution is 2.29. The number of aryl methyl sites for hydroxylation is 3. The van der Waals surface area contributed by atoms with Gasteiger partial charge in [-0.25, -0.2) is 9.97 Å².